The third kappa shape index (κ3) is 3.73. The zero-order valence-electron chi connectivity index (χ0n) is 11.8. The predicted molar refractivity (Wildman–Crippen MR) is 82.5 cm³/mol. The van der Waals surface area contributed by atoms with Crippen molar-refractivity contribution < 1.29 is 14.6 Å². The van der Waals surface area contributed by atoms with E-state index in [2.05, 4.69) is 5.32 Å². The smallest absolute Gasteiger partial charge is 0.338 e. The molecule has 0 saturated carbocycles. The van der Waals surface area contributed by atoms with E-state index in [0.29, 0.717) is 23.5 Å². The van der Waals surface area contributed by atoms with E-state index in [9.17, 15) is 4.79 Å². The highest BCUT2D eigenvalue weighted by atomic mass is 16.5. The molecule has 2 rings (SSSR count). The van der Waals surface area contributed by atoms with Crippen LogP contribution in [0.3, 0.4) is 0 Å². The summed E-state index contributed by atoms with van der Waals surface area (Å²) in [5.74, 6) is -0.391. The molecular weight excluding hydrogens is 268 g/mol. The molecule has 0 aromatic heterocycles. The minimum Gasteiger partial charge on any atom is -0.462 e. The van der Waals surface area contributed by atoms with Gasteiger partial charge in [0.25, 0.3) is 0 Å². The van der Waals surface area contributed by atoms with Gasteiger partial charge in [-0.2, -0.15) is 0 Å². The van der Waals surface area contributed by atoms with Gasteiger partial charge in [0.2, 0.25) is 0 Å². The Bertz CT molecular complexity index is 641. The molecule has 0 heterocycles. The highest BCUT2D eigenvalue weighted by molar-refractivity contribution is 5.92. The summed E-state index contributed by atoms with van der Waals surface area (Å²) < 4.78 is 4.93. The Morgan fingerprint density at radius 1 is 1.29 bits per heavy atom. The molecule has 21 heavy (non-hydrogen) atoms. The number of hydrogen-bond acceptors (Lipinski definition) is 5. The van der Waals surface area contributed by atoms with Crippen molar-refractivity contribution in [3.05, 3.63) is 53.6 Å². The summed E-state index contributed by atoms with van der Waals surface area (Å²) >= 11 is 0. The Labute approximate surface area is 123 Å². The molecule has 0 aliphatic rings. The maximum atomic E-state index is 11.6. The van der Waals surface area contributed by atoms with E-state index in [1.165, 1.54) is 0 Å². The van der Waals surface area contributed by atoms with E-state index in [4.69, 9.17) is 15.6 Å². The van der Waals surface area contributed by atoms with Gasteiger partial charge in [0, 0.05) is 5.69 Å². The zero-order chi connectivity index (χ0) is 15.2. The van der Waals surface area contributed by atoms with E-state index < -0.39 is 5.97 Å². The maximum Gasteiger partial charge on any atom is 0.338 e. The molecule has 0 unspecified atom stereocenters. The second kappa shape index (κ2) is 6.76. The van der Waals surface area contributed by atoms with Gasteiger partial charge in [-0.15, -0.1) is 0 Å². The van der Waals surface area contributed by atoms with Crippen molar-refractivity contribution in [2.24, 2.45) is 0 Å². The highest BCUT2D eigenvalue weighted by Gasteiger charge is 2.09. The third-order valence-corrected chi connectivity index (χ3v) is 2.95. The summed E-state index contributed by atoms with van der Waals surface area (Å²) in [7, 11) is 0. The van der Waals surface area contributed by atoms with Crippen LogP contribution in [0.15, 0.2) is 42.5 Å². The van der Waals surface area contributed by atoms with Crippen LogP contribution in [-0.2, 0) is 11.3 Å². The van der Waals surface area contributed by atoms with Gasteiger partial charge in [-0.3, -0.25) is 0 Å². The fourth-order valence-corrected chi connectivity index (χ4v) is 1.92. The molecule has 0 aliphatic carbocycles. The van der Waals surface area contributed by atoms with Gasteiger partial charge in [-0.05, 0) is 42.8 Å². The summed E-state index contributed by atoms with van der Waals surface area (Å²) in [4.78, 5) is 11.6. The molecule has 5 nitrogen and oxygen atoms in total. The number of hydrogen-bond donors (Lipinski definition) is 3. The molecule has 5 heteroatoms. The van der Waals surface area contributed by atoms with E-state index in [1.54, 1.807) is 25.1 Å². The topological polar surface area (TPSA) is 84.6 Å². The molecule has 4 N–H and O–H groups in total. The molecule has 110 valence electrons. The molecule has 0 aliphatic heterocycles. The number of ether oxygens (including phenoxy) is 1. The van der Waals surface area contributed by atoms with Gasteiger partial charge >= 0.3 is 5.97 Å². The molecule has 0 radical (unpaired) electrons. The summed E-state index contributed by atoms with van der Waals surface area (Å²) in [6.45, 7) is 2.06. The van der Waals surface area contributed by atoms with E-state index >= 15 is 0 Å². The van der Waals surface area contributed by atoms with Crippen LogP contribution in [0.5, 0.6) is 0 Å². The van der Waals surface area contributed by atoms with Crippen molar-refractivity contribution in [2.45, 2.75) is 13.5 Å². The lowest BCUT2D eigenvalue weighted by Crippen LogP contribution is -2.06. The fraction of sp³-hybridized carbons (Fsp3) is 0.188. The largest absolute Gasteiger partial charge is 0.462 e. The predicted octanol–water partition coefficient (Wildman–Crippen LogP) is 2.68. The summed E-state index contributed by atoms with van der Waals surface area (Å²) in [5.41, 5.74) is 9.14. The number of rotatable bonds is 5. The van der Waals surface area contributed by atoms with Crippen LogP contribution in [0.25, 0.3) is 0 Å². The zero-order valence-corrected chi connectivity index (χ0v) is 11.8. The lowest BCUT2D eigenvalue weighted by Gasteiger charge is -2.11. The average Bonchev–Trinajstić information content (AvgIpc) is 2.49. The first-order valence-electron chi connectivity index (χ1n) is 6.67. The van der Waals surface area contributed by atoms with Crippen molar-refractivity contribution in [1.29, 1.82) is 0 Å². The van der Waals surface area contributed by atoms with Crippen LogP contribution in [-0.4, -0.2) is 17.7 Å². The molecule has 0 fully saturated rings. The average molecular weight is 286 g/mol. The first kappa shape index (κ1) is 14.9. The number of benzene rings is 2. The van der Waals surface area contributed by atoms with Crippen LogP contribution in [0, 0.1) is 0 Å². The minimum atomic E-state index is -0.391. The molecule has 0 atom stereocenters. The highest BCUT2D eigenvalue weighted by Crippen LogP contribution is 2.25. The summed E-state index contributed by atoms with van der Waals surface area (Å²) in [5, 5.41) is 12.3. The van der Waals surface area contributed by atoms with Crippen molar-refractivity contribution in [2.75, 3.05) is 17.7 Å². The van der Waals surface area contributed by atoms with Crippen LogP contribution in [0.4, 0.5) is 17.1 Å². The number of carbonyl (C=O) groups is 1. The van der Waals surface area contributed by atoms with Gasteiger partial charge in [0.15, 0.2) is 0 Å². The van der Waals surface area contributed by atoms with Crippen molar-refractivity contribution in [1.82, 2.24) is 0 Å². The Morgan fingerprint density at radius 2 is 2.10 bits per heavy atom. The fourth-order valence-electron chi connectivity index (χ4n) is 1.92. The summed E-state index contributed by atoms with van der Waals surface area (Å²) in [6.07, 6.45) is 0. The number of nitrogens with two attached hydrogens (primary N) is 1. The Hall–Kier alpha value is -2.53. The standard InChI is InChI=1S/C16H18N2O3/c1-2-21-16(20)12-6-7-15(14(17)9-12)18-13-5-3-4-11(8-13)10-19/h3-9,18-19H,2,10,17H2,1H3. The van der Waals surface area contributed by atoms with Gasteiger partial charge in [-0.25, -0.2) is 4.79 Å². The molecule has 0 bridgehead atoms. The first-order chi connectivity index (χ1) is 10.1. The van der Waals surface area contributed by atoms with E-state index in [0.717, 1.165) is 11.3 Å². The normalized spacial score (nSPS) is 10.2. The monoisotopic (exact) mass is 286 g/mol. The van der Waals surface area contributed by atoms with Crippen molar-refractivity contribution in [3.63, 3.8) is 0 Å². The second-order valence-electron chi connectivity index (χ2n) is 4.51. The van der Waals surface area contributed by atoms with Gasteiger partial charge in [0.05, 0.1) is 30.2 Å². The number of aliphatic hydroxyl groups excluding tert-OH is 1. The molecule has 0 spiro atoms. The Morgan fingerprint density at radius 3 is 2.76 bits per heavy atom. The molecule has 0 amide bonds. The molecule has 2 aromatic carbocycles. The quantitative estimate of drug-likeness (QED) is 0.581. The van der Waals surface area contributed by atoms with Crippen LogP contribution in [0.2, 0.25) is 0 Å². The van der Waals surface area contributed by atoms with Gasteiger partial charge in [-0.1, -0.05) is 12.1 Å². The number of esters is 1. The third-order valence-electron chi connectivity index (χ3n) is 2.95. The van der Waals surface area contributed by atoms with Gasteiger partial charge in [0.1, 0.15) is 0 Å². The van der Waals surface area contributed by atoms with E-state index in [1.807, 2.05) is 24.3 Å². The van der Waals surface area contributed by atoms with E-state index in [-0.39, 0.29) is 6.61 Å². The number of anilines is 3. The number of aliphatic hydroxyl groups is 1. The SMILES string of the molecule is CCOC(=O)c1ccc(Nc2cccc(CO)c2)c(N)c1. The molecule has 0 saturated heterocycles. The maximum absolute atomic E-state index is 11.6. The Kier molecular flexibility index (Phi) is 4.79. The number of nitrogens with one attached hydrogen (secondary N) is 1. The lowest BCUT2D eigenvalue weighted by atomic mass is 10.1. The molecule has 2 aromatic rings. The minimum absolute atomic E-state index is 0.0210. The van der Waals surface area contributed by atoms with Gasteiger partial charge < -0.3 is 20.9 Å². The first-order valence-corrected chi connectivity index (χ1v) is 6.67. The van der Waals surface area contributed by atoms with Crippen LogP contribution in [0.1, 0.15) is 22.8 Å². The van der Waals surface area contributed by atoms with Crippen molar-refractivity contribution in [3.8, 4) is 0 Å². The number of carbonyl (C=O) groups excluding carboxylic acids is 1. The Balaban J connectivity index is 2.19. The van der Waals surface area contributed by atoms with Crippen molar-refractivity contribution >= 4 is 23.0 Å². The summed E-state index contributed by atoms with van der Waals surface area (Å²) in [6, 6.07) is 12.3. The molecular formula is C16H18N2O3. The lowest BCUT2D eigenvalue weighted by molar-refractivity contribution is 0.0526. The van der Waals surface area contributed by atoms with Crippen LogP contribution >= 0.6 is 0 Å². The van der Waals surface area contributed by atoms with Crippen LogP contribution < -0.4 is 11.1 Å². The number of nitrogen functional groups attached to an aromatic ring is 1. The second-order valence-corrected chi connectivity index (χ2v) is 4.51.